The number of rotatable bonds is 3. The molecular formula is C9H9N3O3. The summed E-state index contributed by atoms with van der Waals surface area (Å²) in [6.07, 6.45) is 3.74. The van der Waals surface area contributed by atoms with Gasteiger partial charge in [0.1, 0.15) is 5.69 Å². The molecule has 0 saturated carbocycles. The van der Waals surface area contributed by atoms with Gasteiger partial charge in [-0.1, -0.05) is 0 Å². The number of fused-ring (bicyclic) bond motifs is 1. The highest BCUT2D eigenvalue weighted by atomic mass is 16.5. The van der Waals surface area contributed by atoms with Crippen LogP contribution in [0.4, 0.5) is 0 Å². The van der Waals surface area contributed by atoms with Crippen LogP contribution in [0.15, 0.2) is 12.4 Å². The molecule has 15 heavy (non-hydrogen) atoms. The van der Waals surface area contributed by atoms with Gasteiger partial charge in [0, 0.05) is 0 Å². The average molecular weight is 207 g/mol. The number of aromatic nitrogens is 3. The fraction of sp³-hybridized carbons (Fsp3) is 0.222. The fourth-order valence-electron chi connectivity index (χ4n) is 1.28. The van der Waals surface area contributed by atoms with Crippen molar-refractivity contribution in [2.45, 2.75) is 0 Å². The zero-order chi connectivity index (χ0) is 10.8. The summed E-state index contributed by atoms with van der Waals surface area (Å²) in [5.74, 6) is 0.683. The van der Waals surface area contributed by atoms with Crippen molar-refractivity contribution in [3.63, 3.8) is 0 Å². The molecule has 2 rings (SSSR count). The highest BCUT2D eigenvalue weighted by molar-refractivity contribution is 5.74. The summed E-state index contributed by atoms with van der Waals surface area (Å²) < 4.78 is 11.6. The molecular weight excluding hydrogens is 198 g/mol. The van der Waals surface area contributed by atoms with Crippen molar-refractivity contribution in [2.75, 3.05) is 14.2 Å². The van der Waals surface area contributed by atoms with Gasteiger partial charge in [0.05, 0.1) is 26.6 Å². The zero-order valence-corrected chi connectivity index (χ0v) is 8.30. The number of carbonyl (C=O) groups excluding carboxylic acids is 1. The molecule has 2 aromatic rings. The molecule has 0 unspecified atom stereocenters. The Morgan fingerprint density at radius 3 is 2.80 bits per heavy atom. The second kappa shape index (κ2) is 3.56. The van der Waals surface area contributed by atoms with E-state index >= 15 is 0 Å². The highest BCUT2D eigenvalue weighted by Crippen LogP contribution is 2.20. The third-order valence-corrected chi connectivity index (χ3v) is 1.99. The molecule has 0 spiro atoms. The number of hydrogen-bond acceptors (Lipinski definition) is 5. The number of carbonyl (C=O) groups is 1. The monoisotopic (exact) mass is 207 g/mol. The predicted octanol–water partition coefficient (Wildman–Crippen LogP) is 0.559. The standard InChI is InChI=1S/C9H9N3O3/c1-14-7-4-12-6(5-13)3-10-8(12)9(11-7)15-2/h3-5H,1-2H3. The van der Waals surface area contributed by atoms with E-state index in [0.717, 1.165) is 0 Å². The summed E-state index contributed by atoms with van der Waals surface area (Å²) in [6, 6.07) is 0. The smallest absolute Gasteiger partial charge is 0.261 e. The lowest BCUT2D eigenvalue weighted by molar-refractivity contribution is 0.111. The van der Waals surface area contributed by atoms with Gasteiger partial charge in [-0.2, -0.15) is 4.98 Å². The minimum Gasteiger partial charge on any atom is -0.480 e. The molecule has 0 aliphatic heterocycles. The third-order valence-electron chi connectivity index (χ3n) is 1.99. The lowest BCUT2D eigenvalue weighted by Crippen LogP contribution is -1.99. The van der Waals surface area contributed by atoms with Crippen molar-refractivity contribution < 1.29 is 14.3 Å². The fourth-order valence-corrected chi connectivity index (χ4v) is 1.28. The Kier molecular flexibility index (Phi) is 2.24. The first-order valence-electron chi connectivity index (χ1n) is 4.21. The van der Waals surface area contributed by atoms with E-state index in [1.165, 1.54) is 20.4 Å². The van der Waals surface area contributed by atoms with Gasteiger partial charge in [0.15, 0.2) is 6.29 Å². The molecule has 0 atom stereocenters. The maximum Gasteiger partial charge on any atom is 0.261 e. The van der Waals surface area contributed by atoms with Gasteiger partial charge in [0.2, 0.25) is 11.5 Å². The average Bonchev–Trinajstić information content (AvgIpc) is 2.70. The topological polar surface area (TPSA) is 65.7 Å². The van der Waals surface area contributed by atoms with Crippen LogP contribution in [0.5, 0.6) is 11.8 Å². The third kappa shape index (κ3) is 1.39. The number of aldehydes is 1. The minimum atomic E-state index is 0.322. The van der Waals surface area contributed by atoms with Crippen molar-refractivity contribution in [1.82, 2.24) is 14.4 Å². The Bertz CT molecular complexity index is 507. The van der Waals surface area contributed by atoms with E-state index in [-0.39, 0.29) is 0 Å². The zero-order valence-electron chi connectivity index (χ0n) is 8.30. The Balaban J connectivity index is 2.77. The van der Waals surface area contributed by atoms with Crippen LogP contribution in [-0.4, -0.2) is 34.9 Å². The molecule has 6 nitrogen and oxygen atoms in total. The lowest BCUT2D eigenvalue weighted by Gasteiger charge is -2.04. The van der Waals surface area contributed by atoms with E-state index in [9.17, 15) is 4.79 Å². The van der Waals surface area contributed by atoms with Crippen LogP contribution in [0.1, 0.15) is 10.5 Å². The first kappa shape index (κ1) is 9.45. The first-order chi connectivity index (χ1) is 7.30. The van der Waals surface area contributed by atoms with Crippen LogP contribution < -0.4 is 9.47 Å². The van der Waals surface area contributed by atoms with E-state index in [1.807, 2.05) is 0 Å². The number of imidazole rings is 1. The largest absolute Gasteiger partial charge is 0.480 e. The molecule has 78 valence electrons. The van der Waals surface area contributed by atoms with Gasteiger partial charge in [-0.05, 0) is 0 Å². The van der Waals surface area contributed by atoms with Crippen LogP contribution in [0, 0.1) is 0 Å². The molecule has 0 aliphatic rings. The van der Waals surface area contributed by atoms with E-state index in [2.05, 4.69) is 9.97 Å². The van der Waals surface area contributed by atoms with Crippen LogP contribution in [0.2, 0.25) is 0 Å². The van der Waals surface area contributed by atoms with Gasteiger partial charge in [-0.25, -0.2) is 4.98 Å². The Labute approximate surface area is 85.5 Å². The number of hydrogen-bond donors (Lipinski definition) is 0. The van der Waals surface area contributed by atoms with Gasteiger partial charge in [-0.3, -0.25) is 9.20 Å². The highest BCUT2D eigenvalue weighted by Gasteiger charge is 2.11. The number of nitrogens with zero attached hydrogens (tertiary/aromatic N) is 3. The van der Waals surface area contributed by atoms with Crippen LogP contribution in [0.25, 0.3) is 5.65 Å². The van der Waals surface area contributed by atoms with E-state index in [1.54, 1.807) is 10.6 Å². The van der Waals surface area contributed by atoms with E-state index in [0.29, 0.717) is 29.4 Å². The maximum absolute atomic E-state index is 10.7. The van der Waals surface area contributed by atoms with E-state index < -0.39 is 0 Å². The molecule has 0 aromatic carbocycles. The summed E-state index contributed by atoms with van der Waals surface area (Å²) in [5.41, 5.74) is 0.907. The Morgan fingerprint density at radius 2 is 2.20 bits per heavy atom. The van der Waals surface area contributed by atoms with Crippen molar-refractivity contribution >= 4 is 11.9 Å². The summed E-state index contributed by atoms with van der Waals surface area (Å²) in [5, 5.41) is 0. The SMILES string of the molecule is COc1cn2c(C=O)cnc2c(OC)n1. The summed E-state index contributed by atoms with van der Waals surface area (Å²) in [6.45, 7) is 0. The molecule has 0 saturated heterocycles. The molecule has 0 amide bonds. The molecule has 0 fully saturated rings. The van der Waals surface area contributed by atoms with E-state index in [4.69, 9.17) is 9.47 Å². The lowest BCUT2D eigenvalue weighted by atomic mass is 10.5. The quantitative estimate of drug-likeness (QED) is 0.688. The molecule has 2 aromatic heterocycles. The molecule has 0 N–H and O–H groups in total. The second-order valence-electron chi connectivity index (χ2n) is 2.79. The molecule has 0 bridgehead atoms. The summed E-state index contributed by atoms with van der Waals surface area (Å²) in [7, 11) is 2.97. The van der Waals surface area contributed by atoms with Crippen LogP contribution in [0.3, 0.4) is 0 Å². The van der Waals surface area contributed by atoms with Gasteiger partial charge >= 0.3 is 0 Å². The van der Waals surface area contributed by atoms with Gasteiger partial charge in [-0.15, -0.1) is 0 Å². The van der Waals surface area contributed by atoms with Crippen molar-refractivity contribution in [3.05, 3.63) is 18.1 Å². The van der Waals surface area contributed by atoms with Crippen molar-refractivity contribution in [3.8, 4) is 11.8 Å². The number of ether oxygens (including phenoxy) is 2. The molecule has 6 heteroatoms. The molecule has 0 aliphatic carbocycles. The van der Waals surface area contributed by atoms with Crippen LogP contribution >= 0.6 is 0 Å². The summed E-state index contributed by atoms with van der Waals surface area (Å²) >= 11 is 0. The Morgan fingerprint density at radius 1 is 1.40 bits per heavy atom. The normalized spacial score (nSPS) is 10.3. The molecule has 2 heterocycles. The maximum atomic E-state index is 10.7. The van der Waals surface area contributed by atoms with Crippen molar-refractivity contribution in [2.24, 2.45) is 0 Å². The summed E-state index contributed by atoms with van der Waals surface area (Å²) in [4.78, 5) is 18.8. The van der Waals surface area contributed by atoms with Gasteiger partial charge < -0.3 is 9.47 Å². The second-order valence-corrected chi connectivity index (χ2v) is 2.79. The van der Waals surface area contributed by atoms with Crippen LogP contribution in [-0.2, 0) is 0 Å². The Hall–Kier alpha value is -2.11. The predicted molar refractivity (Wildman–Crippen MR) is 51.5 cm³/mol. The molecule has 0 radical (unpaired) electrons. The number of methoxy groups -OCH3 is 2. The minimum absolute atomic E-state index is 0.322. The van der Waals surface area contributed by atoms with Crippen molar-refractivity contribution in [1.29, 1.82) is 0 Å². The van der Waals surface area contributed by atoms with Gasteiger partial charge in [0.25, 0.3) is 5.88 Å². The first-order valence-corrected chi connectivity index (χ1v) is 4.21.